The number of oxazole rings is 1. The van der Waals surface area contributed by atoms with Crippen molar-refractivity contribution in [2.24, 2.45) is 0 Å². The second kappa shape index (κ2) is 8.71. The minimum absolute atomic E-state index is 0.0790. The van der Waals surface area contributed by atoms with Gasteiger partial charge in [-0.2, -0.15) is 0 Å². The van der Waals surface area contributed by atoms with E-state index in [0.717, 1.165) is 22.4 Å². The van der Waals surface area contributed by atoms with Crippen molar-refractivity contribution in [3.05, 3.63) is 89.7 Å². The maximum Gasteiger partial charge on any atom is 0.257 e. The van der Waals surface area contributed by atoms with Crippen LogP contribution in [0.1, 0.15) is 21.6 Å². The molecule has 4 aromatic rings. The molecule has 4 rings (SSSR count). The van der Waals surface area contributed by atoms with Crippen molar-refractivity contribution >= 4 is 28.8 Å². The number of nitrogens with one attached hydrogen (secondary N) is 1. The summed E-state index contributed by atoms with van der Waals surface area (Å²) in [5.74, 6) is 0.529. The number of benzene rings is 2. The number of amides is 1. The predicted molar refractivity (Wildman–Crippen MR) is 110 cm³/mol. The molecule has 0 radical (unpaired) electrons. The van der Waals surface area contributed by atoms with Crippen molar-refractivity contribution in [2.75, 3.05) is 6.54 Å². The first-order valence-corrected chi connectivity index (χ1v) is 10.0. The molecular weight excluding hydrogens is 370 g/mol. The quantitative estimate of drug-likeness (QED) is 0.472. The first-order valence-electron chi connectivity index (χ1n) is 9.04. The Morgan fingerprint density at radius 2 is 1.82 bits per heavy atom. The average Bonchev–Trinajstić information content (AvgIpc) is 3.16. The van der Waals surface area contributed by atoms with Crippen molar-refractivity contribution in [3.8, 4) is 0 Å². The summed E-state index contributed by atoms with van der Waals surface area (Å²) < 4.78 is 5.75. The summed E-state index contributed by atoms with van der Waals surface area (Å²) in [4.78, 5) is 21.4. The van der Waals surface area contributed by atoms with Gasteiger partial charge in [0.25, 0.3) is 11.1 Å². The largest absolute Gasteiger partial charge is 0.431 e. The lowest BCUT2D eigenvalue weighted by Crippen LogP contribution is -2.26. The van der Waals surface area contributed by atoms with Gasteiger partial charge in [0.1, 0.15) is 5.52 Å². The number of rotatable bonds is 7. The summed E-state index contributed by atoms with van der Waals surface area (Å²) >= 11 is 1.48. The maximum absolute atomic E-state index is 12.6. The molecule has 28 heavy (non-hydrogen) atoms. The SMILES string of the molecule is O=C(NCCc1ccccn1)c1ccccc1CSc1nc2ccccc2o1. The number of nitrogens with zero attached hydrogens (tertiary/aromatic N) is 2. The topological polar surface area (TPSA) is 68.0 Å². The van der Waals surface area contributed by atoms with Gasteiger partial charge in [0, 0.05) is 36.2 Å². The molecule has 0 unspecified atom stereocenters. The number of para-hydroxylation sites is 2. The summed E-state index contributed by atoms with van der Waals surface area (Å²) in [6.45, 7) is 0.544. The molecule has 0 atom stereocenters. The van der Waals surface area contributed by atoms with Gasteiger partial charge < -0.3 is 9.73 Å². The molecule has 1 amide bonds. The van der Waals surface area contributed by atoms with Crippen LogP contribution in [0, 0.1) is 0 Å². The fourth-order valence-electron chi connectivity index (χ4n) is 2.87. The fraction of sp³-hybridized carbons (Fsp3) is 0.136. The van der Waals surface area contributed by atoms with Gasteiger partial charge >= 0.3 is 0 Å². The normalized spacial score (nSPS) is 10.9. The highest BCUT2D eigenvalue weighted by molar-refractivity contribution is 7.98. The van der Waals surface area contributed by atoms with Crippen LogP contribution in [0.4, 0.5) is 0 Å². The molecule has 0 bridgehead atoms. The van der Waals surface area contributed by atoms with Crippen LogP contribution < -0.4 is 5.32 Å². The van der Waals surface area contributed by atoms with Crippen molar-refractivity contribution < 1.29 is 9.21 Å². The molecule has 140 valence electrons. The van der Waals surface area contributed by atoms with Crippen molar-refractivity contribution in [3.63, 3.8) is 0 Å². The third kappa shape index (κ3) is 4.40. The van der Waals surface area contributed by atoms with Gasteiger partial charge in [0.05, 0.1) is 0 Å². The number of hydrogen-bond acceptors (Lipinski definition) is 5. The summed E-state index contributed by atoms with van der Waals surface area (Å²) in [7, 11) is 0. The van der Waals surface area contributed by atoms with E-state index in [9.17, 15) is 4.79 Å². The zero-order chi connectivity index (χ0) is 19.2. The predicted octanol–water partition coefficient (Wildman–Crippen LogP) is 4.49. The van der Waals surface area contributed by atoms with E-state index < -0.39 is 0 Å². The lowest BCUT2D eigenvalue weighted by molar-refractivity contribution is 0.0953. The van der Waals surface area contributed by atoms with E-state index in [-0.39, 0.29) is 5.91 Å². The van der Waals surface area contributed by atoms with E-state index >= 15 is 0 Å². The Bertz CT molecular complexity index is 1050. The summed E-state index contributed by atoms with van der Waals surface area (Å²) in [6, 6.07) is 21.1. The molecule has 2 aromatic carbocycles. The molecule has 5 nitrogen and oxygen atoms in total. The fourth-order valence-corrected chi connectivity index (χ4v) is 3.71. The molecule has 0 aliphatic carbocycles. The van der Waals surface area contributed by atoms with E-state index in [1.807, 2.05) is 66.7 Å². The van der Waals surface area contributed by atoms with Crippen molar-refractivity contribution in [2.45, 2.75) is 17.4 Å². The lowest BCUT2D eigenvalue weighted by Gasteiger charge is -2.09. The summed E-state index contributed by atoms with van der Waals surface area (Å²) in [5, 5.41) is 3.58. The van der Waals surface area contributed by atoms with E-state index in [1.165, 1.54) is 11.8 Å². The Balaban J connectivity index is 1.39. The number of aromatic nitrogens is 2. The molecule has 2 heterocycles. The smallest absolute Gasteiger partial charge is 0.257 e. The third-order valence-corrected chi connectivity index (χ3v) is 5.16. The number of hydrogen-bond donors (Lipinski definition) is 1. The first kappa shape index (κ1) is 18.3. The zero-order valence-corrected chi connectivity index (χ0v) is 16.0. The van der Waals surface area contributed by atoms with Gasteiger partial charge in [-0.15, -0.1) is 0 Å². The molecule has 0 aliphatic rings. The number of carbonyl (C=O) groups is 1. The maximum atomic E-state index is 12.6. The van der Waals surface area contributed by atoms with Gasteiger partial charge in [0.2, 0.25) is 0 Å². The van der Waals surface area contributed by atoms with E-state index in [4.69, 9.17) is 4.42 Å². The molecular formula is C22H19N3O2S. The van der Waals surface area contributed by atoms with Crippen LogP contribution in [-0.4, -0.2) is 22.4 Å². The number of thioether (sulfide) groups is 1. The Morgan fingerprint density at radius 1 is 1.00 bits per heavy atom. The van der Waals surface area contributed by atoms with Crippen LogP contribution in [-0.2, 0) is 12.2 Å². The monoisotopic (exact) mass is 389 g/mol. The van der Waals surface area contributed by atoms with Crippen LogP contribution >= 0.6 is 11.8 Å². The van der Waals surface area contributed by atoms with E-state index in [0.29, 0.717) is 29.5 Å². The minimum Gasteiger partial charge on any atom is -0.431 e. The Hall–Kier alpha value is -3.12. The second-order valence-corrected chi connectivity index (χ2v) is 7.15. The summed E-state index contributed by atoms with van der Waals surface area (Å²) in [5.41, 5.74) is 4.19. The van der Waals surface area contributed by atoms with E-state index in [1.54, 1.807) is 6.20 Å². The number of fused-ring (bicyclic) bond motifs is 1. The standard InChI is InChI=1S/C22H19N3O2S/c26-21(24-14-12-17-8-5-6-13-23-17)18-9-2-1-7-16(18)15-28-22-25-19-10-3-4-11-20(19)27-22/h1-11,13H,12,14-15H2,(H,24,26). The number of carbonyl (C=O) groups excluding carboxylic acids is 1. The molecule has 0 fully saturated rings. The van der Waals surface area contributed by atoms with Gasteiger partial charge in [0.15, 0.2) is 5.58 Å². The van der Waals surface area contributed by atoms with Crippen molar-refractivity contribution in [1.29, 1.82) is 0 Å². The molecule has 0 saturated heterocycles. The molecule has 0 spiro atoms. The molecule has 1 N–H and O–H groups in total. The van der Waals surface area contributed by atoms with Crippen molar-refractivity contribution in [1.82, 2.24) is 15.3 Å². The molecule has 0 saturated carbocycles. The molecule has 0 aliphatic heterocycles. The summed E-state index contributed by atoms with van der Waals surface area (Å²) in [6.07, 6.45) is 2.46. The van der Waals surface area contributed by atoms with Crippen LogP contribution in [0.5, 0.6) is 0 Å². The number of pyridine rings is 1. The highest BCUT2D eigenvalue weighted by atomic mass is 32.2. The van der Waals surface area contributed by atoms with Crippen LogP contribution in [0.3, 0.4) is 0 Å². The Morgan fingerprint density at radius 3 is 2.68 bits per heavy atom. The second-order valence-electron chi connectivity index (χ2n) is 6.22. The Kier molecular flexibility index (Phi) is 5.68. The first-order chi connectivity index (χ1) is 13.8. The van der Waals surface area contributed by atoms with E-state index in [2.05, 4.69) is 15.3 Å². The Labute approximate surface area is 167 Å². The molecule has 2 aromatic heterocycles. The average molecular weight is 389 g/mol. The van der Waals surface area contributed by atoms with Gasteiger partial charge in [-0.3, -0.25) is 9.78 Å². The van der Waals surface area contributed by atoms with Crippen LogP contribution in [0.25, 0.3) is 11.1 Å². The molecule has 6 heteroatoms. The van der Waals surface area contributed by atoms with Gasteiger partial charge in [-0.1, -0.05) is 48.2 Å². The lowest BCUT2D eigenvalue weighted by atomic mass is 10.1. The highest BCUT2D eigenvalue weighted by Gasteiger charge is 2.13. The highest BCUT2D eigenvalue weighted by Crippen LogP contribution is 2.27. The zero-order valence-electron chi connectivity index (χ0n) is 15.2. The van der Waals surface area contributed by atoms with Crippen LogP contribution in [0.15, 0.2) is 82.6 Å². The minimum atomic E-state index is -0.0790. The van der Waals surface area contributed by atoms with Gasteiger partial charge in [-0.05, 0) is 35.9 Å². The van der Waals surface area contributed by atoms with Crippen LogP contribution in [0.2, 0.25) is 0 Å². The third-order valence-electron chi connectivity index (χ3n) is 4.28. The van der Waals surface area contributed by atoms with Gasteiger partial charge in [-0.25, -0.2) is 4.98 Å².